The highest BCUT2D eigenvalue weighted by Crippen LogP contribution is 2.38. The quantitative estimate of drug-likeness (QED) is 0.634. The molecule has 0 saturated heterocycles. The van der Waals surface area contributed by atoms with Gasteiger partial charge in [0.05, 0.1) is 22.3 Å². The first kappa shape index (κ1) is 24.2. The number of carbonyl (C=O) groups excluding carboxylic acids is 1. The molecule has 1 aliphatic heterocycles. The number of hydrogen-bond donors (Lipinski definition) is 3. The Morgan fingerprint density at radius 2 is 1.90 bits per heavy atom. The molecule has 31 heavy (non-hydrogen) atoms. The SMILES string of the molecule is CC1(C)CCc2c(C(=O)O)c(=O)c3c(N)c(F)c(N)cc3n21.CCCN(CC)C(C)=O. The van der Waals surface area contributed by atoms with Gasteiger partial charge in [-0.3, -0.25) is 9.59 Å². The number of carboxylic acid groups (broad SMARTS) is 1. The van der Waals surface area contributed by atoms with E-state index in [-0.39, 0.29) is 22.5 Å². The van der Waals surface area contributed by atoms with E-state index in [4.69, 9.17) is 11.5 Å². The van der Waals surface area contributed by atoms with Crippen LogP contribution in [-0.4, -0.2) is 39.5 Å². The van der Waals surface area contributed by atoms with Gasteiger partial charge in [0, 0.05) is 31.2 Å². The van der Waals surface area contributed by atoms with E-state index < -0.39 is 28.4 Å². The molecule has 9 heteroatoms. The van der Waals surface area contributed by atoms with Gasteiger partial charge in [0.15, 0.2) is 5.82 Å². The summed E-state index contributed by atoms with van der Waals surface area (Å²) in [4.78, 5) is 36.6. The van der Waals surface area contributed by atoms with E-state index >= 15 is 0 Å². The second-order valence-corrected chi connectivity index (χ2v) is 8.29. The highest BCUT2D eigenvalue weighted by Gasteiger charge is 2.36. The standard InChI is InChI=1S/C15H16FN3O3.C7H15NO/c1-15(2)4-3-7-10(14(21)22)13(20)9-8(19(7)15)5-6(17)11(16)12(9)18;1-4-6-8(5-2)7(3)9/h5H,3-4,17-18H2,1-2H3,(H,21,22);4-6H2,1-3H3. The lowest BCUT2D eigenvalue weighted by atomic mass is 10.0. The number of anilines is 2. The fourth-order valence-electron chi connectivity index (χ4n) is 4.11. The van der Waals surface area contributed by atoms with E-state index in [9.17, 15) is 23.9 Å². The van der Waals surface area contributed by atoms with E-state index in [1.165, 1.54) is 6.07 Å². The Balaban J connectivity index is 0.000000323. The van der Waals surface area contributed by atoms with Gasteiger partial charge < -0.3 is 26.0 Å². The summed E-state index contributed by atoms with van der Waals surface area (Å²) in [7, 11) is 0. The zero-order chi connectivity index (χ0) is 23.7. The maximum atomic E-state index is 14.0. The molecule has 2 heterocycles. The predicted octanol–water partition coefficient (Wildman–Crippen LogP) is 2.95. The van der Waals surface area contributed by atoms with E-state index in [1.807, 2.05) is 25.7 Å². The first-order valence-electron chi connectivity index (χ1n) is 10.3. The molecule has 3 rings (SSSR count). The van der Waals surface area contributed by atoms with Crippen molar-refractivity contribution >= 4 is 34.2 Å². The van der Waals surface area contributed by atoms with Crippen LogP contribution in [0.4, 0.5) is 15.8 Å². The van der Waals surface area contributed by atoms with Crippen LogP contribution >= 0.6 is 0 Å². The van der Waals surface area contributed by atoms with Crippen molar-refractivity contribution in [1.29, 1.82) is 0 Å². The summed E-state index contributed by atoms with van der Waals surface area (Å²) >= 11 is 0. The molecule has 1 aromatic carbocycles. The number of pyridine rings is 1. The summed E-state index contributed by atoms with van der Waals surface area (Å²) in [6.07, 6.45) is 2.17. The summed E-state index contributed by atoms with van der Waals surface area (Å²) in [5, 5.41) is 9.28. The largest absolute Gasteiger partial charge is 0.477 e. The molecule has 0 unspecified atom stereocenters. The van der Waals surface area contributed by atoms with Crippen LogP contribution in [0.5, 0.6) is 0 Å². The fraction of sp³-hybridized carbons (Fsp3) is 0.500. The Morgan fingerprint density at radius 1 is 1.29 bits per heavy atom. The number of amides is 1. The zero-order valence-electron chi connectivity index (χ0n) is 18.7. The first-order chi connectivity index (χ1) is 14.4. The number of carboxylic acids is 1. The van der Waals surface area contributed by atoms with Gasteiger partial charge in [0.1, 0.15) is 5.56 Å². The lowest BCUT2D eigenvalue weighted by molar-refractivity contribution is -0.128. The van der Waals surface area contributed by atoms with Crippen molar-refractivity contribution < 1.29 is 19.1 Å². The Bertz CT molecular complexity index is 1090. The van der Waals surface area contributed by atoms with Gasteiger partial charge in [0.2, 0.25) is 11.3 Å². The number of aromatic carboxylic acids is 1. The van der Waals surface area contributed by atoms with Crippen molar-refractivity contribution in [3.63, 3.8) is 0 Å². The molecular weight excluding hydrogens is 403 g/mol. The summed E-state index contributed by atoms with van der Waals surface area (Å²) < 4.78 is 15.7. The van der Waals surface area contributed by atoms with Crippen molar-refractivity contribution in [3.05, 3.63) is 33.4 Å². The van der Waals surface area contributed by atoms with Crippen LogP contribution in [-0.2, 0) is 16.8 Å². The lowest BCUT2D eigenvalue weighted by Gasteiger charge is -2.26. The van der Waals surface area contributed by atoms with Crippen LogP contribution in [0.3, 0.4) is 0 Å². The number of aromatic nitrogens is 1. The third-order valence-corrected chi connectivity index (χ3v) is 5.67. The number of halogens is 1. The van der Waals surface area contributed by atoms with E-state index in [0.29, 0.717) is 24.1 Å². The highest BCUT2D eigenvalue weighted by atomic mass is 19.1. The Hall–Kier alpha value is -3.10. The maximum absolute atomic E-state index is 14.0. The van der Waals surface area contributed by atoms with Crippen LogP contribution < -0.4 is 16.9 Å². The molecule has 1 aromatic heterocycles. The minimum atomic E-state index is -1.33. The average molecular weight is 435 g/mol. The molecule has 0 bridgehead atoms. The molecule has 0 saturated carbocycles. The normalized spacial score (nSPS) is 14.0. The molecule has 0 atom stereocenters. The summed E-state index contributed by atoms with van der Waals surface area (Å²) in [5.74, 6) is -2.04. The smallest absolute Gasteiger partial charge is 0.341 e. The monoisotopic (exact) mass is 434 g/mol. The number of benzene rings is 1. The van der Waals surface area contributed by atoms with Crippen molar-refractivity contribution in [2.24, 2.45) is 0 Å². The zero-order valence-corrected chi connectivity index (χ0v) is 18.7. The predicted molar refractivity (Wildman–Crippen MR) is 120 cm³/mol. The molecular formula is C22H31FN4O4. The fourth-order valence-corrected chi connectivity index (χ4v) is 4.11. The molecule has 2 aromatic rings. The van der Waals surface area contributed by atoms with Gasteiger partial charge in [-0.25, -0.2) is 9.18 Å². The van der Waals surface area contributed by atoms with Crippen molar-refractivity contribution in [2.75, 3.05) is 24.6 Å². The van der Waals surface area contributed by atoms with Crippen molar-refractivity contribution in [3.8, 4) is 0 Å². The van der Waals surface area contributed by atoms with E-state index in [1.54, 1.807) is 11.5 Å². The average Bonchev–Trinajstić information content (AvgIpc) is 2.99. The number of nitrogens with zero attached hydrogens (tertiary/aromatic N) is 2. The molecule has 0 radical (unpaired) electrons. The second kappa shape index (κ2) is 8.95. The number of nitrogens with two attached hydrogens (primary N) is 2. The molecule has 0 spiro atoms. The number of rotatable bonds is 4. The van der Waals surface area contributed by atoms with Gasteiger partial charge in [-0.2, -0.15) is 0 Å². The van der Waals surface area contributed by atoms with Crippen molar-refractivity contribution in [2.45, 2.75) is 59.4 Å². The first-order valence-corrected chi connectivity index (χ1v) is 10.3. The molecule has 5 N–H and O–H groups in total. The lowest BCUT2D eigenvalue weighted by Crippen LogP contribution is -2.28. The van der Waals surface area contributed by atoms with Gasteiger partial charge in [-0.1, -0.05) is 6.92 Å². The van der Waals surface area contributed by atoms with Gasteiger partial charge >= 0.3 is 5.97 Å². The van der Waals surface area contributed by atoms with Crippen molar-refractivity contribution in [1.82, 2.24) is 9.47 Å². The topological polar surface area (TPSA) is 132 Å². The summed E-state index contributed by atoms with van der Waals surface area (Å²) in [6.45, 7) is 11.3. The summed E-state index contributed by atoms with van der Waals surface area (Å²) in [6, 6.07) is 1.35. The third-order valence-electron chi connectivity index (χ3n) is 5.67. The molecule has 0 fully saturated rings. The van der Waals surface area contributed by atoms with Crippen LogP contribution in [0.2, 0.25) is 0 Å². The van der Waals surface area contributed by atoms with Crippen LogP contribution in [0.15, 0.2) is 10.9 Å². The van der Waals surface area contributed by atoms with Crippen LogP contribution in [0.1, 0.15) is 63.5 Å². The number of carbonyl (C=O) groups is 2. The summed E-state index contributed by atoms with van der Waals surface area (Å²) in [5.41, 5.74) is 10.1. The highest BCUT2D eigenvalue weighted by molar-refractivity contribution is 6.00. The Kier molecular flexibility index (Phi) is 6.98. The van der Waals surface area contributed by atoms with E-state index in [0.717, 1.165) is 19.5 Å². The number of nitrogen functional groups attached to an aromatic ring is 2. The molecule has 0 aliphatic carbocycles. The van der Waals surface area contributed by atoms with Gasteiger partial charge in [-0.05, 0) is 46.1 Å². The van der Waals surface area contributed by atoms with Crippen LogP contribution in [0, 0.1) is 5.82 Å². The van der Waals surface area contributed by atoms with Gasteiger partial charge in [-0.15, -0.1) is 0 Å². The Labute approximate surface area is 180 Å². The minimum absolute atomic E-state index is 0.122. The molecule has 1 aliphatic rings. The second-order valence-electron chi connectivity index (χ2n) is 8.29. The maximum Gasteiger partial charge on any atom is 0.341 e. The van der Waals surface area contributed by atoms with Gasteiger partial charge in [0.25, 0.3) is 0 Å². The number of fused-ring (bicyclic) bond motifs is 3. The van der Waals surface area contributed by atoms with E-state index in [2.05, 4.69) is 6.92 Å². The Morgan fingerprint density at radius 3 is 2.35 bits per heavy atom. The molecule has 8 nitrogen and oxygen atoms in total. The molecule has 170 valence electrons. The molecule has 1 amide bonds. The number of hydrogen-bond acceptors (Lipinski definition) is 5. The third kappa shape index (κ3) is 4.35. The van der Waals surface area contributed by atoms with Crippen LogP contribution in [0.25, 0.3) is 10.9 Å². The minimum Gasteiger partial charge on any atom is -0.477 e.